The zero-order chi connectivity index (χ0) is 19.4. The second-order valence-electron chi connectivity index (χ2n) is 5.98. The Morgan fingerprint density at radius 3 is 2.04 bits per heavy atom. The standard InChI is InChI=1S/C22H16N2O2S/c1-2-19-18(13-24)20(21(27-19)22(25)26)17-9-7-16(8-10-17)15-5-3-14(4-6-15)11-12-23/h3-10H,2,11H2,1H3,(H,25,26). The lowest BCUT2D eigenvalue weighted by Gasteiger charge is -2.06. The Balaban J connectivity index is 2.01. The summed E-state index contributed by atoms with van der Waals surface area (Å²) < 4.78 is 0. The third-order valence-corrected chi connectivity index (χ3v) is 5.67. The number of hydrogen-bond donors (Lipinski definition) is 1. The highest BCUT2D eigenvalue weighted by Crippen LogP contribution is 2.37. The van der Waals surface area contributed by atoms with Crippen LogP contribution in [0.5, 0.6) is 0 Å². The molecule has 27 heavy (non-hydrogen) atoms. The SMILES string of the molecule is CCc1sc(C(=O)O)c(-c2ccc(-c3ccc(CC#N)cc3)cc2)c1C#N. The number of carboxylic acids is 1. The van der Waals surface area contributed by atoms with Crippen molar-refractivity contribution in [2.75, 3.05) is 0 Å². The van der Waals surface area contributed by atoms with Crippen LogP contribution in [0.1, 0.15) is 32.6 Å². The molecule has 0 radical (unpaired) electrons. The summed E-state index contributed by atoms with van der Waals surface area (Å²) in [6, 6.07) is 19.6. The van der Waals surface area contributed by atoms with Crippen molar-refractivity contribution in [3.63, 3.8) is 0 Å². The lowest BCUT2D eigenvalue weighted by Crippen LogP contribution is -1.95. The lowest BCUT2D eigenvalue weighted by atomic mass is 9.96. The first-order chi connectivity index (χ1) is 13.1. The zero-order valence-corrected chi connectivity index (χ0v) is 15.5. The van der Waals surface area contributed by atoms with E-state index in [2.05, 4.69) is 12.1 Å². The molecule has 5 heteroatoms. The molecular formula is C22H16N2O2S. The van der Waals surface area contributed by atoms with Gasteiger partial charge in [-0.1, -0.05) is 55.5 Å². The molecule has 4 nitrogen and oxygen atoms in total. The van der Waals surface area contributed by atoms with Crippen LogP contribution in [0.2, 0.25) is 0 Å². The minimum Gasteiger partial charge on any atom is -0.477 e. The van der Waals surface area contributed by atoms with E-state index in [9.17, 15) is 15.2 Å². The van der Waals surface area contributed by atoms with Crippen LogP contribution >= 0.6 is 11.3 Å². The van der Waals surface area contributed by atoms with Crippen molar-refractivity contribution in [3.8, 4) is 34.4 Å². The monoisotopic (exact) mass is 372 g/mol. The summed E-state index contributed by atoms with van der Waals surface area (Å²) in [6.07, 6.45) is 1.01. The van der Waals surface area contributed by atoms with Crippen LogP contribution < -0.4 is 0 Å². The molecule has 0 spiro atoms. The van der Waals surface area contributed by atoms with Gasteiger partial charge in [-0.05, 0) is 28.7 Å². The van der Waals surface area contributed by atoms with Crippen LogP contribution in [-0.2, 0) is 12.8 Å². The number of nitrogens with zero attached hydrogens (tertiary/aromatic N) is 2. The normalized spacial score (nSPS) is 10.2. The topological polar surface area (TPSA) is 84.9 Å². The van der Waals surface area contributed by atoms with Gasteiger partial charge in [0.15, 0.2) is 0 Å². The highest BCUT2D eigenvalue weighted by molar-refractivity contribution is 7.14. The number of thiophene rings is 1. The highest BCUT2D eigenvalue weighted by Gasteiger charge is 2.22. The minimum atomic E-state index is -1.01. The maximum Gasteiger partial charge on any atom is 0.346 e. The number of aryl methyl sites for hydroxylation is 1. The molecule has 0 bridgehead atoms. The van der Waals surface area contributed by atoms with E-state index >= 15 is 0 Å². The molecule has 3 aromatic rings. The summed E-state index contributed by atoms with van der Waals surface area (Å²) >= 11 is 1.17. The molecule has 0 aliphatic rings. The Labute approximate surface area is 161 Å². The molecule has 1 N–H and O–H groups in total. The quantitative estimate of drug-likeness (QED) is 0.660. The molecular weight excluding hydrogens is 356 g/mol. The molecule has 0 amide bonds. The first-order valence-corrected chi connectivity index (χ1v) is 9.26. The molecule has 0 saturated carbocycles. The van der Waals surface area contributed by atoms with Crippen LogP contribution in [0.25, 0.3) is 22.3 Å². The third-order valence-electron chi connectivity index (χ3n) is 4.35. The molecule has 0 saturated heterocycles. The number of carbonyl (C=O) groups is 1. The lowest BCUT2D eigenvalue weighted by molar-refractivity contribution is 0.0703. The van der Waals surface area contributed by atoms with Gasteiger partial charge < -0.3 is 5.11 Å². The Morgan fingerprint density at radius 1 is 1.00 bits per heavy atom. The fourth-order valence-corrected chi connectivity index (χ4v) is 4.06. The van der Waals surface area contributed by atoms with Gasteiger partial charge in [-0.2, -0.15) is 10.5 Å². The molecule has 0 unspecified atom stereocenters. The van der Waals surface area contributed by atoms with Crippen molar-refractivity contribution in [2.45, 2.75) is 19.8 Å². The predicted octanol–water partition coefficient (Wildman–Crippen LogP) is 5.28. The van der Waals surface area contributed by atoms with Gasteiger partial charge in [0.1, 0.15) is 10.9 Å². The third kappa shape index (κ3) is 3.60. The van der Waals surface area contributed by atoms with Gasteiger partial charge in [0.2, 0.25) is 0 Å². The van der Waals surface area contributed by atoms with Crippen LogP contribution in [0.3, 0.4) is 0 Å². The van der Waals surface area contributed by atoms with Gasteiger partial charge in [0, 0.05) is 10.4 Å². The minimum absolute atomic E-state index is 0.206. The number of rotatable bonds is 5. The summed E-state index contributed by atoms with van der Waals surface area (Å²) in [5.74, 6) is -1.01. The van der Waals surface area contributed by atoms with E-state index in [1.54, 1.807) is 0 Å². The molecule has 0 fully saturated rings. The van der Waals surface area contributed by atoms with E-state index in [-0.39, 0.29) is 4.88 Å². The summed E-state index contributed by atoms with van der Waals surface area (Å²) in [4.78, 5) is 12.6. The summed E-state index contributed by atoms with van der Waals surface area (Å²) in [5, 5.41) is 27.8. The number of nitriles is 2. The zero-order valence-electron chi connectivity index (χ0n) is 14.7. The average Bonchev–Trinajstić information content (AvgIpc) is 3.08. The van der Waals surface area contributed by atoms with Crippen molar-refractivity contribution in [2.24, 2.45) is 0 Å². The van der Waals surface area contributed by atoms with Gasteiger partial charge in [-0.25, -0.2) is 4.79 Å². The van der Waals surface area contributed by atoms with Crippen LogP contribution in [0.4, 0.5) is 0 Å². The summed E-state index contributed by atoms with van der Waals surface area (Å²) in [5.41, 5.74) is 4.65. The Morgan fingerprint density at radius 2 is 1.56 bits per heavy atom. The number of carboxylic acid groups (broad SMARTS) is 1. The molecule has 0 atom stereocenters. The fourth-order valence-electron chi connectivity index (χ4n) is 3.01. The Bertz CT molecular complexity index is 1070. The molecule has 0 aliphatic carbocycles. The number of hydrogen-bond acceptors (Lipinski definition) is 4. The molecule has 3 rings (SSSR count). The van der Waals surface area contributed by atoms with Crippen LogP contribution in [0.15, 0.2) is 48.5 Å². The second kappa shape index (κ2) is 7.86. The van der Waals surface area contributed by atoms with Gasteiger partial charge >= 0.3 is 5.97 Å². The fraction of sp³-hybridized carbons (Fsp3) is 0.136. The van der Waals surface area contributed by atoms with E-state index in [4.69, 9.17) is 5.26 Å². The number of aromatic carboxylic acids is 1. The van der Waals surface area contributed by atoms with Crippen molar-refractivity contribution in [3.05, 3.63) is 69.4 Å². The van der Waals surface area contributed by atoms with Gasteiger partial charge in [-0.3, -0.25) is 0 Å². The summed E-state index contributed by atoms with van der Waals surface area (Å²) in [7, 11) is 0. The first kappa shape index (κ1) is 18.4. The molecule has 2 aromatic carbocycles. The van der Waals surface area contributed by atoms with E-state index < -0.39 is 5.97 Å². The van der Waals surface area contributed by atoms with Crippen LogP contribution in [0, 0.1) is 22.7 Å². The second-order valence-corrected chi connectivity index (χ2v) is 7.09. The van der Waals surface area contributed by atoms with E-state index in [0.29, 0.717) is 24.0 Å². The van der Waals surface area contributed by atoms with E-state index in [1.807, 2.05) is 55.5 Å². The molecule has 0 aliphatic heterocycles. The maximum absolute atomic E-state index is 11.6. The van der Waals surface area contributed by atoms with E-state index in [1.165, 1.54) is 11.3 Å². The Hall–Kier alpha value is -3.41. The predicted molar refractivity (Wildman–Crippen MR) is 106 cm³/mol. The average molecular weight is 372 g/mol. The Kier molecular flexibility index (Phi) is 5.35. The largest absolute Gasteiger partial charge is 0.477 e. The maximum atomic E-state index is 11.6. The molecule has 1 aromatic heterocycles. The van der Waals surface area contributed by atoms with Crippen LogP contribution in [-0.4, -0.2) is 11.1 Å². The van der Waals surface area contributed by atoms with Crippen molar-refractivity contribution in [1.82, 2.24) is 0 Å². The van der Waals surface area contributed by atoms with Crippen molar-refractivity contribution >= 4 is 17.3 Å². The molecule has 1 heterocycles. The van der Waals surface area contributed by atoms with Crippen molar-refractivity contribution < 1.29 is 9.90 Å². The highest BCUT2D eigenvalue weighted by atomic mass is 32.1. The van der Waals surface area contributed by atoms with Gasteiger partial charge in [0.05, 0.1) is 18.1 Å². The van der Waals surface area contributed by atoms with Gasteiger partial charge in [0.25, 0.3) is 0 Å². The molecule has 132 valence electrons. The smallest absolute Gasteiger partial charge is 0.346 e. The van der Waals surface area contributed by atoms with E-state index in [0.717, 1.165) is 27.1 Å². The summed E-state index contributed by atoms with van der Waals surface area (Å²) in [6.45, 7) is 1.92. The number of benzene rings is 2. The first-order valence-electron chi connectivity index (χ1n) is 8.44. The van der Waals surface area contributed by atoms with Crippen molar-refractivity contribution in [1.29, 1.82) is 10.5 Å². The van der Waals surface area contributed by atoms with Gasteiger partial charge in [-0.15, -0.1) is 11.3 Å².